The van der Waals surface area contributed by atoms with Crippen molar-refractivity contribution in [3.05, 3.63) is 0 Å². The maximum Gasteiger partial charge on any atom is 0.336 e. The Morgan fingerprint density at radius 1 is 1.57 bits per heavy atom. The summed E-state index contributed by atoms with van der Waals surface area (Å²) in [6.45, 7) is 1.96. The third-order valence-corrected chi connectivity index (χ3v) is 2.34. The smallest absolute Gasteiger partial charge is 0.336 e. The van der Waals surface area contributed by atoms with Gasteiger partial charge < -0.3 is 4.74 Å². The number of nitrogens with one attached hydrogen (secondary N) is 3. The van der Waals surface area contributed by atoms with E-state index in [4.69, 9.17) is 0 Å². The van der Waals surface area contributed by atoms with Crippen LogP contribution in [0.1, 0.15) is 6.92 Å². The van der Waals surface area contributed by atoms with Gasteiger partial charge in [0, 0.05) is 6.54 Å². The van der Waals surface area contributed by atoms with Gasteiger partial charge in [0.2, 0.25) is 5.95 Å². The minimum absolute atomic E-state index is 0.00259. The first-order valence-corrected chi connectivity index (χ1v) is 5.29. The lowest BCUT2D eigenvalue weighted by Crippen LogP contribution is -2.30. The molecule has 0 saturated carbocycles. The number of aromatic amines is 1. The number of nitrogens with zero attached hydrogens (tertiary/aromatic N) is 2. The Hall–Kier alpha value is -1.35. The molecule has 3 N–H and O–H groups in total. The number of rotatable bonds is 5. The van der Waals surface area contributed by atoms with Gasteiger partial charge in [-0.1, -0.05) is 6.92 Å². The van der Waals surface area contributed by atoms with E-state index >= 15 is 0 Å². The lowest BCUT2D eigenvalue weighted by molar-refractivity contribution is 0.382. The van der Waals surface area contributed by atoms with Crippen LogP contribution >= 0.6 is 0 Å². The molecule has 9 heteroatoms. The maximum atomic E-state index is 11.1. The second-order valence-corrected chi connectivity index (χ2v) is 3.77. The summed E-state index contributed by atoms with van der Waals surface area (Å²) in [4.78, 5) is 3.68. The third kappa shape index (κ3) is 2.85. The lowest BCUT2D eigenvalue weighted by atomic mass is 10.8. The van der Waals surface area contributed by atoms with Crippen molar-refractivity contribution in [1.82, 2.24) is 19.9 Å². The van der Waals surface area contributed by atoms with E-state index in [2.05, 4.69) is 29.4 Å². The number of H-pyrrole nitrogens is 1. The van der Waals surface area contributed by atoms with E-state index in [1.165, 1.54) is 7.11 Å². The second-order valence-electron chi connectivity index (χ2n) is 2.27. The van der Waals surface area contributed by atoms with E-state index in [0.717, 1.165) is 0 Å². The second kappa shape index (κ2) is 4.24. The van der Waals surface area contributed by atoms with Crippen LogP contribution in [-0.2, 0) is 10.2 Å². The van der Waals surface area contributed by atoms with Crippen molar-refractivity contribution < 1.29 is 13.2 Å². The average Bonchev–Trinajstić information content (AvgIpc) is 2.51. The molecule has 80 valence electrons. The molecule has 0 saturated heterocycles. The van der Waals surface area contributed by atoms with Crippen molar-refractivity contribution >= 4 is 16.2 Å². The Kier molecular flexibility index (Phi) is 3.25. The Bertz CT molecular complexity index is 386. The Balaban J connectivity index is 2.69. The number of ether oxygens (including phenoxy) is 1. The van der Waals surface area contributed by atoms with Gasteiger partial charge in [-0.25, -0.2) is 9.82 Å². The predicted molar refractivity (Wildman–Crippen MR) is 49.2 cm³/mol. The lowest BCUT2D eigenvalue weighted by Gasteiger charge is -2.02. The summed E-state index contributed by atoms with van der Waals surface area (Å²) in [5, 5.41) is 5.92. The van der Waals surface area contributed by atoms with Crippen molar-refractivity contribution in [2.45, 2.75) is 6.92 Å². The molecule has 0 aliphatic heterocycles. The van der Waals surface area contributed by atoms with Crippen LogP contribution in [0.5, 0.6) is 6.01 Å². The molecule has 1 aromatic rings. The molecule has 14 heavy (non-hydrogen) atoms. The summed E-state index contributed by atoms with van der Waals surface area (Å²) in [5.74, 6) is 0.00259. The van der Waals surface area contributed by atoms with E-state index in [-0.39, 0.29) is 12.0 Å². The van der Waals surface area contributed by atoms with Crippen LogP contribution in [0.3, 0.4) is 0 Å². The quantitative estimate of drug-likeness (QED) is 0.595. The Labute approximate surface area is 81.3 Å². The van der Waals surface area contributed by atoms with Crippen LogP contribution in [-0.4, -0.2) is 37.3 Å². The first kappa shape index (κ1) is 10.7. The molecule has 0 spiro atoms. The van der Waals surface area contributed by atoms with Gasteiger partial charge in [-0.3, -0.25) is 0 Å². The zero-order valence-electron chi connectivity index (χ0n) is 7.73. The molecule has 1 heterocycles. The maximum absolute atomic E-state index is 11.1. The van der Waals surface area contributed by atoms with Crippen LogP contribution in [0, 0.1) is 0 Å². The van der Waals surface area contributed by atoms with Gasteiger partial charge in [0.25, 0.3) is 0 Å². The van der Waals surface area contributed by atoms with Gasteiger partial charge in [0.15, 0.2) is 0 Å². The summed E-state index contributed by atoms with van der Waals surface area (Å²) >= 11 is 0. The van der Waals surface area contributed by atoms with Gasteiger partial charge in [-0.2, -0.15) is 18.1 Å². The third-order valence-electron chi connectivity index (χ3n) is 1.21. The summed E-state index contributed by atoms with van der Waals surface area (Å²) in [6.07, 6.45) is 0. The van der Waals surface area contributed by atoms with E-state index in [1.54, 1.807) is 6.92 Å². The molecule has 0 aromatic carbocycles. The van der Waals surface area contributed by atoms with Crippen LogP contribution in [0.15, 0.2) is 0 Å². The summed E-state index contributed by atoms with van der Waals surface area (Å²) in [6, 6.07) is 0.0687. The zero-order chi connectivity index (χ0) is 10.6. The van der Waals surface area contributed by atoms with E-state index in [1.807, 2.05) is 0 Å². The molecule has 0 fully saturated rings. The van der Waals surface area contributed by atoms with Crippen molar-refractivity contribution in [2.75, 3.05) is 18.4 Å². The Morgan fingerprint density at radius 2 is 2.29 bits per heavy atom. The molecular formula is C5H11N5O3S. The van der Waals surface area contributed by atoms with Crippen LogP contribution in [0.4, 0.5) is 5.95 Å². The molecule has 0 radical (unpaired) electrons. The number of anilines is 1. The molecular weight excluding hydrogens is 210 g/mol. The van der Waals surface area contributed by atoms with E-state index in [9.17, 15) is 8.42 Å². The molecule has 8 nitrogen and oxygen atoms in total. The summed E-state index contributed by atoms with van der Waals surface area (Å²) < 4.78 is 31.3. The van der Waals surface area contributed by atoms with Crippen molar-refractivity contribution in [2.24, 2.45) is 0 Å². The average molecular weight is 221 g/mol. The predicted octanol–water partition coefficient (Wildman–Crippen LogP) is -0.920. The van der Waals surface area contributed by atoms with Gasteiger partial charge in [-0.15, -0.1) is 5.10 Å². The van der Waals surface area contributed by atoms with Crippen LogP contribution in [0.25, 0.3) is 0 Å². The van der Waals surface area contributed by atoms with Crippen molar-refractivity contribution in [1.29, 1.82) is 0 Å². The molecule has 1 rings (SSSR count). The largest absolute Gasteiger partial charge is 0.466 e. The minimum atomic E-state index is -3.57. The van der Waals surface area contributed by atoms with Crippen molar-refractivity contribution in [3.8, 4) is 6.01 Å². The molecule has 0 unspecified atom stereocenters. The highest BCUT2D eigenvalue weighted by Crippen LogP contribution is 2.05. The monoisotopic (exact) mass is 221 g/mol. The van der Waals surface area contributed by atoms with E-state index < -0.39 is 10.2 Å². The first-order chi connectivity index (χ1) is 6.57. The number of aromatic nitrogens is 3. The van der Waals surface area contributed by atoms with Crippen LogP contribution in [0.2, 0.25) is 0 Å². The fourth-order valence-electron chi connectivity index (χ4n) is 0.737. The minimum Gasteiger partial charge on any atom is -0.466 e. The van der Waals surface area contributed by atoms with Gasteiger partial charge >= 0.3 is 16.2 Å². The molecule has 0 amide bonds. The SMILES string of the molecule is CCNS(=O)(=O)Nc1nc(OC)n[nH]1. The number of hydrogen-bond donors (Lipinski definition) is 3. The van der Waals surface area contributed by atoms with Gasteiger partial charge in [0.1, 0.15) is 0 Å². The highest BCUT2D eigenvalue weighted by molar-refractivity contribution is 7.90. The fourth-order valence-corrected chi connectivity index (χ4v) is 1.53. The molecule has 0 atom stereocenters. The molecule has 0 aliphatic rings. The van der Waals surface area contributed by atoms with E-state index in [0.29, 0.717) is 6.54 Å². The molecule has 0 aliphatic carbocycles. The summed E-state index contributed by atoms with van der Waals surface area (Å²) in [5.41, 5.74) is 0. The highest BCUT2D eigenvalue weighted by atomic mass is 32.2. The topological polar surface area (TPSA) is 109 Å². The number of hydrogen-bond acceptors (Lipinski definition) is 5. The normalized spacial score (nSPS) is 11.3. The fraction of sp³-hybridized carbons (Fsp3) is 0.600. The first-order valence-electron chi connectivity index (χ1n) is 3.81. The van der Waals surface area contributed by atoms with Crippen LogP contribution < -0.4 is 14.2 Å². The zero-order valence-corrected chi connectivity index (χ0v) is 8.55. The van der Waals surface area contributed by atoms with Crippen molar-refractivity contribution in [3.63, 3.8) is 0 Å². The summed E-state index contributed by atoms with van der Waals surface area (Å²) in [7, 11) is -2.19. The van der Waals surface area contributed by atoms with Gasteiger partial charge in [-0.05, 0) is 0 Å². The number of methoxy groups -OCH3 is 1. The standard InChI is InChI=1S/C5H11N5O3S/c1-3-6-14(11,12)10-4-7-5(13-2)9-8-4/h6H,3H2,1-2H3,(H2,7,8,9,10). The molecule has 1 aromatic heterocycles. The molecule has 0 bridgehead atoms. The highest BCUT2D eigenvalue weighted by Gasteiger charge is 2.11. The van der Waals surface area contributed by atoms with Gasteiger partial charge in [0.05, 0.1) is 7.11 Å². The Morgan fingerprint density at radius 3 is 2.79 bits per heavy atom.